The Kier molecular flexibility index (Phi) is 4.85. The Morgan fingerprint density at radius 2 is 1.97 bits per heavy atom. The Morgan fingerprint density at radius 3 is 2.66 bits per heavy atom. The number of carbonyl (C=O) groups is 1. The number of hydrogen-bond donors (Lipinski definition) is 1. The van der Waals surface area contributed by atoms with Crippen molar-refractivity contribution in [2.45, 2.75) is 6.61 Å². The Hall–Kier alpha value is -3.17. The first kappa shape index (κ1) is 19.2. The first-order chi connectivity index (χ1) is 13.8. The molecule has 0 saturated heterocycles. The van der Waals surface area contributed by atoms with Gasteiger partial charge in [-0.1, -0.05) is 23.2 Å². The summed E-state index contributed by atoms with van der Waals surface area (Å²) in [5.74, 6) is -0.942. The Bertz CT molecular complexity index is 1310. The number of fused-ring (bicyclic) bond motifs is 3. The molecule has 0 aliphatic carbocycles. The maximum Gasteiger partial charge on any atom is 0.387 e. The van der Waals surface area contributed by atoms with E-state index >= 15 is 0 Å². The summed E-state index contributed by atoms with van der Waals surface area (Å²) >= 11 is 11.6. The number of carbonyl (C=O) groups excluding carboxylic acids is 1. The van der Waals surface area contributed by atoms with E-state index in [0.29, 0.717) is 15.7 Å². The second-order valence-corrected chi connectivity index (χ2v) is 6.53. The highest BCUT2D eigenvalue weighted by Gasteiger charge is 2.21. The molecular formula is C18H9Cl2F2N3O4. The topological polar surface area (TPSA) is 89.9 Å². The molecule has 0 aliphatic rings. The van der Waals surface area contributed by atoms with E-state index in [0.717, 1.165) is 0 Å². The van der Waals surface area contributed by atoms with E-state index in [9.17, 15) is 18.8 Å². The van der Waals surface area contributed by atoms with Gasteiger partial charge in [-0.05, 0) is 18.2 Å². The highest BCUT2D eigenvalue weighted by Crippen LogP contribution is 2.37. The summed E-state index contributed by atoms with van der Waals surface area (Å²) in [5, 5.41) is 9.97. The molecule has 0 saturated carbocycles. The molecule has 0 fully saturated rings. The molecule has 0 atom stereocenters. The third-order valence-electron chi connectivity index (χ3n) is 4.00. The summed E-state index contributed by atoms with van der Waals surface area (Å²) in [6.45, 7) is -3.07. The molecule has 7 nitrogen and oxygen atoms in total. The number of halogens is 4. The van der Waals surface area contributed by atoms with E-state index in [1.165, 1.54) is 42.7 Å². The molecule has 0 spiro atoms. The van der Waals surface area contributed by atoms with Gasteiger partial charge in [-0.2, -0.15) is 13.5 Å². The summed E-state index contributed by atoms with van der Waals surface area (Å²) in [6, 6.07) is 6.48. The Balaban J connectivity index is 1.94. The van der Waals surface area contributed by atoms with Gasteiger partial charge in [-0.25, -0.2) is 4.99 Å². The van der Waals surface area contributed by atoms with Gasteiger partial charge < -0.3 is 14.4 Å². The average molecular weight is 440 g/mol. The van der Waals surface area contributed by atoms with Crippen LogP contribution in [0.5, 0.6) is 5.75 Å². The molecule has 0 unspecified atom stereocenters. The zero-order valence-corrected chi connectivity index (χ0v) is 15.7. The van der Waals surface area contributed by atoms with Gasteiger partial charge in [0, 0.05) is 35.3 Å². The van der Waals surface area contributed by atoms with Crippen molar-refractivity contribution in [3.8, 4) is 5.75 Å². The second-order valence-electron chi connectivity index (χ2n) is 5.76. The van der Waals surface area contributed by atoms with Gasteiger partial charge >= 0.3 is 6.61 Å². The summed E-state index contributed by atoms with van der Waals surface area (Å²) in [6.07, 6.45) is 2.90. The van der Waals surface area contributed by atoms with Crippen LogP contribution in [0, 0.1) is 0 Å². The molecular weight excluding hydrogens is 431 g/mol. The molecule has 148 valence electrons. The molecule has 1 N–H and O–H groups in total. The van der Waals surface area contributed by atoms with Crippen LogP contribution in [0.1, 0.15) is 10.4 Å². The number of amides is 1. The fourth-order valence-corrected chi connectivity index (χ4v) is 3.27. The smallest absolute Gasteiger partial charge is 0.387 e. The molecule has 29 heavy (non-hydrogen) atoms. The zero-order chi connectivity index (χ0) is 20.7. The number of alkyl halides is 2. The van der Waals surface area contributed by atoms with Crippen LogP contribution in [0.2, 0.25) is 10.3 Å². The molecule has 4 rings (SSSR count). The van der Waals surface area contributed by atoms with Crippen LogP contribution >= 0.6 is 23.2 Å². The minimum Gasteiger partial charge on any atom is -0.452 e. The van der Waals surface area contributed by atoms with Crippen molar-refractivity contribution < 1.29 is 27.9 Å². The van der Waals surface area contributed by atoms with Gasteiger partial charge in [0.2, 0.25) is 0 Å². The monoisotopic (exact) mass is 439 g/mol. The van der Waals surface area contributed by atoms with Gasteiger partial charge in [0.05, 0.1) is 10.9 Å². The van der Waals surface area contributed by atoms with Crippen LogP contribution < -0.4 is 10.1 Å². The lowest BCUT2D eigenvalue weighted by Gasteiger charge is -2.06. The summed E-state index contributed by atoms with van der Waals surface area (Å²) < 4.78 is 36.1. The molecule has 0 radical (unpaired) electrons. The molecule has 11 heteroatoms. The Labute approximate surface area is 170 Å². The van der Waals surface area contributed by atoms with E-state index in [2.05, 4.69) is 14.7 Å². The zero-order valence-electron chi connectivity index (χ0n) is 14.1. The van der Waals surface area contributed by atoms with Crippen molar-refractivity contribution in [2.24, 2.45) is 4.99 Å². The molecule has 1 aromatic carbocycles. The predicted molar refractivity (Wildman–Crippen MR) is 99.7 cm³/mol. The lowest BCUT2D eigenvalue weighted by molar-refractivity contribution is -0.0493. The lowest BCUT2D eigenvalue weighted by atomic mass is 10.1. The number of nitrogens with zero attached hydrogens (tertiary/aromatic N) is 3. The Morgan fingerprint density at radius 1 is 1.24 bits per heavy atom. The van der Waals surface area contributed by atoms with E-state index in [1.54, 1.807) is 0 Å². The fraction of sp³-hybridized carbons (Fsp3) is 0.0556. The van der Waals surface area contributed by atoms with Crippen molar-refractivity contribution in [2.75, 3.05) is 0 Å². The summed E-state index contributed by atoms with van der Waals surface area (Å²) in [5.41, 5.74) is 0.370. The number of furan rings is 1. The summed E-state index contributed by atoms with van der Waals surface area (Å²) in [4.78, 5) is 20.8. The van der Waals surface area contributed by atoms with Crippen LogP contribution in [-0.2, 0) is 0 Å². The SMILES string of the molecule is O=C(N=c1cc(Cl)n(O)c(Cl)c1)c1ccc(OC(F)F)c2oc3ccncc3c12. The maximum absolute atomic E-state index is 12.8. The van der Waals surface area contributed by atoms with E-state index in [1.807, 2.05) is 0 Å². The highest BCUT2D eigenvalue weighted by atomic mass is 35.5. The van der Waals surface area contributed by atoms with Crippen molar-refractivity contribution in [3.05, 3.63) is 64.0 Å². The first-order valence-corrected chi connectivity index (χ1v) is 8.71. The molecule has 4 aromatic rings. The highest BCUT2D eigenvalue weighted by molar-refractivity contribution is 6.32. The van der Waals surface area contributed by atoms with E-state index < -0.39 is 12.5 Å². The van der Waals surface area contributed by atoms with Gasteiger partial charge in [-0.3, -0.25) is 9.78 Å². The third-order valence-corrected chi connectivity index (χ3v) is 4.54. The van der Waals surface area contributed by atoms with Gasteiger partial charge in [0.15, 0.2) is 11.3 Å². The molecule has 3 aromatic heterocycles. The van der Waals surface area contributed by atoms with Crippen LogP contribution in [-0.4, -0.2) is 27.4 Å². The van der Waals surface area contributed by atoms with Crippen molar-refractivity contribution in [3.63, 3.8) is 0 Å². The summed E-state index contributed by atoms with van der Waals surface area (Å²) in [7, 11) is 0. The average Bonchev–Trinajstić information content (AvgIpc) is 3.06. The van der Waals surface area contributed by atoms with Crippen LogP contribution in [0.15, 0.2) is 52.1 Å². The first-order valence-electron chi connectivity index (χ1n) is 7.95. The van der Waals surface area contributed by atoms with Crippen LogP contribution in [0.4, 0.5) is 8.78 Å². The quantitative estimate of drug-likeness (QED) is 0.370. The minimum atomic E-state index is -3.07. The van der Waals surface area contributed by atoms with Crippen LogP contribution in [0.3, 0.4) is 0 Å². The number of aromatic nitrogens is 2. The van der Waals surface area contributed by atoms with Crippen molar-refractivity contribution in [1.29, 1.82) is 0 Å². The maximum atomic E-state index is 12.8. The second kappa shape index (κ2) is 7.34. The number of ether oxygens (including phenoxy) is 1. The lowest BCUT2D eigenvalue weighted by Crippen LogP contribution is -2.11. The number of benzene rings is 1. The largest absolute Gasteiger partial charge is 0.452 e. The predicted octanol–water partition coefficient (Wildman–Crippen LogP) is 4.67. The fourth-order valence-electron chi connectivity index (χ4n) is 2.82. The number of pyridine rings is 2. The van der Waals surface area contributed by atoms with Gasteiger partial charge in [-0.15, -0.1) is 0 Å². The molecule has 1 amide bonds. The van der Waals surface area contributed by atoms with Gasteiger partial charge in [0.1, 0.15) is 15.9 Å². The van der Waals surface area contributed by atoms with E-state index in [-0.39, 0.29) is 37.9 Å². The van der Waals surface area contributed by atoms with Crippen molar-refractivity contribution in [1.82, 2.24) is 9.71 Å². The van der Waals surface area contributed by atoms with Crippen molar-refractivity contribution >= 4 is 51.0 Å². The number of hydrogen-bond acceptors (Lipinski definition) is 5. The minimum absolute atomic E-state index is 0.0355. The normalized spacial score (nSPS) is 11.3. The van der Waals surface area contributed by atoms with E-state index in [4.69, 9.17) is 27.6 Å². The van der Waals surface area contributed by atoms with Crippen LogP contribution in [0.25, 0.3) is 21.9 Å². The molecule has 0 bridgehead atoms. The van der Waals surface area contributed by atoms with Gasteiger partial charge in [0.25, 0.3) is 5.91 Å². The standard InChI is InChI=1S/C18H9Cl2F2N3O4/c19-13-5-8(6-14(20)25(13)27)24-17(26)9-1-2-12(29-18(21)22)16-15(9)10-7-23-4-3-11(10)28-16/h1-7,18,27H. The molecule has 3 heterocycles. The molecule has 0 aliphatic heterocycles. The number of rotatable bonds is 3. The third kappa shape index (κ3) is 3.50.